The van der Waals surface area contributed by atoms with E-state index in [0.29, 0.717) is 0 Å². The molecule has 2 aromatic heterocycles. The first-order valence-electron chi connectivity index (χ1n) is 11.2. The van der Waals surface area contributed by atoms with E-state index in [1.54, 1.807) is 11.3 Å². The molecule has 2 heterocycles. The average Bonchev–Trinajstić information content (AvgIpc) is 3.58. The normalized spacial score (nSPS) is 10.6. The Labute approximate surface area is 185 Å². The molecular weight excluding hydrogens is 370 g/mol. The molecule has 0 aliphatic heterocycles. The molecule has 0 unspecified atom stereocenters. The number of nitrogens with zero attached hydrogens (tertiary/aromatic N) is 1. The van der Waals surface area contributed by atoms with E-state index in [1.807, 2.05) is 82.6 Å². The smallest absolute Gasteiger partial charge is 0.0470 e. The summed E-state index contributed by atoms with van der Waals surface area (Å²) in [4.78, 5) is 0. The second-order valence-corrected chi connectivity index (χ2v) is 6.21. The van der Waals surface area contributed by atoms with Gasteiger partial charge >= 0.3 is 0 Å². The molecule has 29 heavy (non-hydrogen) atoms. The first-order valence-corrected chi connectivity index (χ1v) is 12.2. The molecule has 0 atom stereocenters. The molecule has 1 aliphatic rings. The van der Waals surface area contributed by atoms with E-state index >= 15 is 0 Å². The lowest BCUT2D eigenvalue weighted by Crippen LogP contribution is -1.94. The van der Waals surface area contributed by atoms with Crippen LogP contribution in [0.4, 0.5) is 0 Å². The largest absolute Gasteiger partial charge is 0.350 e. The van der Waals surface area contributed by atoms with Gasteiger partial charge in [-0.3, -0.25) is 0 Å². The van der Waals surface area contributed by atoms with E-state index in [9.17, 15) is 0 Å². The lowest BCUT2D eigenvalue weighted by atomic mass is 10.1. The Bertz CT molecular complexity index is 585. The quantitative estimate of drug-likeness (QED) is 0.369. The van der Waals surface area contributed by atoms with Crippen LogP contribution < -0.4 is 0 Å². The fraction of sp³-hybridized carbons (Fsp3) is 0.407. The van der Waals surface area contributed by atoms with Gasteiger partial charge < -0.3 is 4.57 Å². The molecule has 0 spiro atoms. The van der Waals surface area contributed by atoms with Crippen LogP contribution in [-0.4, -0.2) is 4.57 Å². The summed E-state index contributed by atoms with van der Waals surface area (Å²) in [5.74, 6) is 0. The molecule has 1 aromatic carbocycles. The molecule has 2 heteroatoms. The van der Waals surface area contributed by atoms with Gasteiger partial charge in [-0.1, -0.05) is 96.2 Å². The van der Waals surface area contributed by atoms with Crippen LogP contribution in [0.2, 0.25) is 0 Å². The van der Waals surface area contributed by atoms with Gasteiger partial charge in [-0.2, -0.15) is 11.3 Å². The predicted molar refractivity (Wildman–Crippen MR) is 136 cm³/mol. The van der Waals surface area contributed by atoms with Crippen molar-refractivity contribution in [1.29, 1.82) is 0 Å². The molecule has 0 bridgehead atoms. The van der Waals surface area contributed by atoms with Crippen molar-refractivity contribution in [3.8, 4) is 0 Å². The summed E-state index contributed by atoms with van der Waals surface area (Å²) in [6.45, 7) is 13.0. The molecule has 0 N–H and O–H groups in total. The summed E-state index contributed by atoms with van der Waals surface area (Å²) in [7, 11) is 0. The minimum atomic E-state index is 0.966. The van der Waals surface area contributed by atoms with Crippen molar-refractivity contribution in [2.75, 3.05) is 0 Å². The highest BCUT2D eigenvalue weighted by molar-refractivity contribution is 7.07. The van der Waals surface area contributed by atoms with E-state index in [-0.39, 0.29) is 0 Å². The van der Waals surface area contributed by atoms with Gasteiger partial charge in [0.05, 0.1) is 0 Å². The first-order chi connectivity index (χ1) is 14.4. The van der Waals surface area contributed by atoms with Crippen LogP contribution in [-0.2, 0) is 6.54 Å². The number of hydrogen-bond donors (Lipinski definition) is 0. The van der Waals surface area contributed by atoms with Gasteiger partial charge in [-0.15, -0.1) is 0 Å². The van der Waals surface area contributed by atoms with Crippen LogP contribution in [0.3, 0.4) is 0 Å². The SMILES string of the molecule is C1=CCCCC1.CC.CC.CC.c1ccc(Cn2cccc2)cc1.c1ccsc1. The van der Waals surface area contributed by atoms with Gasteiger partial charge in [-0.25, -0.2) is 0 Å². The molecule has 0 amide bonds. The average molecular weight is 414 g/mol. The van der Waals surface area contributed by atoms with Gasteiger partial charge in [0.25, 0.3) is 0 Å². The topological polar surface area (TPSA) is 4.93 Å². The van der Waals surface area contributed by atoms with Crippen molar-refractivity contribution in [2.24, 2.45) is 0 Å². The molecule has 3 aromatic rings. The van der Waals surface area contributed by atoms with Crippen molar-refractivity contribution in [2.45, 2.75) is 73.8 Å². The third-order valence-corrected chi connectivity index (χ3v) is 4.09. The summed E-state index contributed by atoms with van der Waals surface area (Å²) >= 11 is 1.71. The lowest BCUT2D eigenvalue weighted by molar-refractivity contribution is 0.730. The second kappa shape index (κ2) is 25.9. The number of rotatable bonds is 2. The predicted octanol–water partition coefficient (Wildman–Crippen LogP) is 9.48. The number of thiophene rings is 1. The molecule has 1 nitrogen and oxygen atoms in total. The first kappa shape index (κ1) is 29.1. The molecule has 0 fully saturated rings. The molecule has 0 radical (unpaired) electrons. The number of benzene rings is 1. The third kappa shape index (κ3) is 19.0. The minimum absolute atomic E-state index is 0.966. The van der Waals surface area contributed by atoms with Crippen molar-refractivity contribution in [1.82, 2.24) is 4.57 Å². The zero-order valence-electron chi connectivity index (χ0n) is 19.6. The van der Waals surface area contributed by atoms with E-state index < -0.39 is 0 Å². The number of aromatic nitrogens is 1. The maximum absolute atomic E-state index is 2.27. The summed E-state index contributed by atoms with van der Waals surface area (Å²) < 4.78 is 2.16. The van der Waals surface area contributed by atoms with Gasteiger partial charge in [0.1, 0.15) is 0 Å². The summed E-state index contributed by atoms with van der Waals surface area (Å²) in [6, 6.07) is 18.6. The van der Waals surface area contributed by atoms with Gasteiger partial charge in [0.2, 0.25) is 0 Å². The monoisotopic (exact) mass is 413 g/mol. The van der Waals surface area contributed by atoms with Gasteiger partial charge in [0, 0.05) is 18.9 Å². The zero-order valence-corrected chi connectivity index (χ0v) is 20.4. The van der Waals surface area contributed by atoms with Crippen LogP contribution in [0, 0.1) is 0 Å². The van der Waals surface area contributed by atoms with Crippen molar-refractivity contribution >= 4 is 11.3 Å². The molecule has 0 saturated carbocycles. The highest BCUT2D eigenvalue weighted by Gasteiger charge is 1.90. The molecule has 162 valence electrons. The van der Waals surface area contributed by atoms with Crippen molar-refractivity contribution in [3.63, 3.8) is 0 Å². The van der Waals surface area contributed by atoms with E-state index in [2.05, 4.69) is 53.4 Å². The number of hydrogen-bond acceptors (Lipinski definition) is 1. The van der Waals surface area contributed by atoms with Crippen LogP contribution in [0.1, 0.15) is 72.8 Å². The summed E-state index contributed by atoms with van der Waals surface area (Å²) in [5.41, 5.74) is 1.34. The lowest BCUT2D eigenvalue weighted by Gasteiger charge is -2.01. The van der Waals surface area contributed by atoms with Crippen molar-refractivity contribution < 1.29 is 0 Å². The standard InChI is InChI=1S/C11H11N.C6H10.C4H4S.3C2H6/c1-2-6-11(7-3-1)10-12-8-4-5-9-12;1-2-4-6-5-3-1;1-2-4-5-3-1;3*1-2/h1-9H,10H2;1-2H,3-6H2;1-4H;3*1-2H3. The molecular formula is C27H43NS. The Morgan fingerprint density at radius 1 is 0.655 bits per heavy atom. The van der Waals surface area contributed by atoms with Gasteiger partial charge in [-0.05, 0) is 54.1 Å². The highest BCUT2D eigenvalue weighted by Crippen LogP contribution is 2.07. The summed E-state index contributed by atoms with van der Waals surface area (Å²) in [6.07, 6.45) is 14.2. The molecule has 4 rings (SSSR count). The van der Waals surface area contributed by atoms with Crippen LogP contribution in [0.25, 0.3) is 0 Å². The Kier molecular flexibility index (Phi) is 26.1. The van der Waals surface area contributed by atoms with E-state index in [4.69, 9.17) is 0 Å². The van der Waals surface area contributed by atoms with Crippen LogP contribution in [0.15, 0.2) is 89.9 Å². The Morgan fingerprint density at radius 3 is 1.48 bits per heavy atom. The highest BCUT2D eigenvalue weighted by atomic mass is 32.1. The van der Waals surface area contributed by atoms with E-state index in [1.165, 1.54) is 31.2 Å². The maximum Gasteiger partial charge on any atom is 0.0470 e. The van der Waals surface area contributed by atoms with Crippen LogP contribution in [0.5, 0.6) is 0 Å². The minimum Gasteiger partial charge on any atom is -0.350 e. The fourth-order valence-electron chi connectivity index (χ4n) is 2.26. The van der Waals surface area contributed by atoms with Crippen LogP contribution >= 0.6 is 11.3 Å². The number of allylic oxidation sites excluding steroid dienone is 2. The third-order valence-electron chi connectivity index (χ3n) is 3.46. The van der Waals surface area contributed by atoms with E-state index in [0.717, 1.165) is 6.54 Å². The maximum atomic E-state index is 2.27. The molecule has 1 aliphatic carbocycles. The van der Waals surface area contributed by atoms with Crippen molar-refractivity contribution in [3.05, 3.63) is 95.5 Å². The Balaban J connectivity index is 0. The zero-order chi connectivity index (χ0) is 22.0. The molecule has 0 saturated heterocycles. The summed E-state index contributed by atoms with van der Waals surface area (Å²) in [5, 5.41) is 4.08. The second-order valence-electron chi connectivity index (χ2n) is 5.39. The Morgan fingerprint density at radius 2 is 1.14 bits per heavy atom. The Hall–Kier alpha value is -2.06. The fourth-order valence-corrected chi connectivity index (χ4v) is 2.71. The van der Waals surface area contributed by atoms with Gasteiger partial charge in [0.15, 0.2) is 0 Å².